The summed E-state index contributed by atoms with van der Waals surface area (Å²) < 4.78 is 7.32. The van der Waals surface area contributed by atoms with E-state index in [-0.39, 0.29) is 0 Å². The minimum Gasteiger partial charge on any atom is -0.378 e. The minimum absolute atomic E-state index is 0.452. The van der Waals surface area contributed by atoms with Crippen molar-refractivity contribution in [2.75, 3.05) is 13.2 Å². The lowest BCUT2D eigenvalue weighted by molar-refractivity contribution is 0.00537. The molecular weight excluding hydrogens is 278 g/mol. The number of ether oxygens (including phenoxy) is 1. The van der Waals surface area contributed by atoms with Crippen LogP contribution in [0.15, 0.2) is 29.6 Å². The van der Waals surface area contributed by atoms with Gasteiger partial charge in [-0.3, -0.25) is 0 Å². The Balaban J connectivity index is 1.69. The van der Waals surface area contributed by atoms with Gasteiger partial charge in [0.1, 0.15) is 0 Å². The molecule has 2 heterocycles. The summed E-state index contributed by atoms with van der Waals surface area (Å²) >= 11 is 1.86. The highest BCUT2D eigenvalue weighted by Gasteiger charge is 2.20. The van der Waals surface area contributed by atoms with E-state index in [2.05, 4.69) is 41.9 Å². The maximum Gasteiger partial charge on any atom is 0.0590 e. The first kappa shape index (κ1) is 15.0. The van der Waals surface area contributed by atoms with Gasteiger partial charge in [0.15, 0.2) is 0 Å². The summed E-state index contributed by atoms with van der Waals surface area (Å²) in [5.74, 6) is 0. The first-order valence-corrected chi connectivity index (χ1v) is 9.05. The number of benzene rings is 1. The summed E-state index contributed by atoms with van der Waals surface area (Å²) in [6.45, 7) is 4.17. The molecule has 0 aliphatic carbocycles. The fourth-order valence-electron chi connectivity index (χ4n) is 3.29. The second-order valence-corrected chi connectivity index (χ2v) is 6.85. The third-order valence-electron chi connectivity index (χ3n) is 4.34. The molecule has 1 aliphatic heterocycles. The van der Waals surface area contributed by atoms with Crippen LogP contribution in [-0.4, -0.2) is 25.3 Å². The van der Waals surface area contributed by atoms with Gasteiger partial charge in [0.2, 0.25) is 0 Å². The summed E-state index contributed by atoms with van der Waals surface area (Å²) in [7, 11) is 0. The SMILES string of the molecule is CCNC(Cc1csc2ccccc12)CC1CCCCO1. The number of nitrogens with one attached hydrogen (secondary N) is 1. The van der Waals surface area contributed by atoms with Crippen molar-refractivity contribution in [3.8, 4) is 0 Å². The van der Waals surface area contributed by atoms with Gasteiger partial charge in [-0.1, -0.05) is 25.1 Å². The lowest BCUT2D eigenvalue weighted by Gasteiger charge is -2.27. The predicted molar refractivity (Wildman–Crippen MR) is 91.2 cm³/mol. The molecule has 2 atom stereocenters. The van der Waals surface area contributed by atoms with Gasteiger partial charge < -0.3 is 10.1 Å². The quantitative estimate of drug-likeness (QED) is 0.855. The fraction of sp³-hybridized carbons (Fsp3) is 0.556. The van der Waals surface area contributed by atoms with Crippen LogP contribution in [0, 0.1) is 0 Å². The summed E-state index contributed by atoms with van der Waals surface area (Å²) in [5.41, 5.74) is 1.48. The van der Waals surface area contributed by atoms with Crippen molar-refractivity contribution in [3.63, 3.8) is 0 Å². The van der Waals surface area contributed by atoms with E-state index in [9.17, 15) is 0 Å². The maximum absolute atomic E-state index is 5.92. The van der Waals surface area contributed by atoms with Crippen molar-refractivity contribution in [3.05, 3.63) is 35.2 Å². The third kappa shape index (κ3) is 3.85. The van der Waals surface area contributed by atoms with E-state index in [1.165, 1.54) is 34.9 Å². The number of rotatable bonds is 6. The van der Waals surface area contributed by atoms with Gasteiger partial charge in [0.25, 0.3) is 0 Å². The Bertz CT molecular complexity index is 559. The first-order chi connectivity index (χ1) is 10.4. The standard InChI is InChI=1S/C18H25NOS/c1-2-19-15(12-16-7-5-6-10-20-16)11-14-13-21-18-9-4-3-8-17(14)18/h3-4,8-9,13,15-16,19H,2,5-7,10-12H2,1H3. The van der Waals surface area contributed by atoms with E-state index in [1.54, 1.807) is 0 Å². The highest BCUT2D eigenvalue weighted by molar-refractivity contribution is 7.17. The van der Waals surface area contributed by atoms with Crippen LogP contribution in [0.25, 0.3) is 10.1 Å². The van der Waals surface area contributed by atoms with Crippen molar-refractivity contribution in [2.24, 2.45) is 0 Å². The average Bonchev–Trinajstić information content (AvgIpc) is 2.92. The number of hydrogen-bond donors (Lipinski definition) is 1. The van der Waals surface area contributed by atoms with Crippen molar-refractivity contribution in [1.29, 1.82) is 0 Å². The highest BCUT2D eigenvalue weighted by Crippen LogP contribution is 2.28. The van der Waals surface area contributed by atoms with Crippen molar-refractivity contribution < 1.29 is 4.74 Å². The molecule has 1 aromatic carbocycles. The molecule has 21 heavy (non-hydrogen) atoms. The number of thiophene rings is 1. The zero-order valence-corrected chi connectivity index (χ0v) is 13.6. The Morgan fingerprint density at radius 3 is 3.05 bits per heavy atom. The van der Waals surface area contributed by atoms with Crippen LogP contribution in [-0.2, 0) is 11.2 Å². The summed E-state index contributed by atoms with van der Waals surface area (Å²) in [6, 6.07) is 9.26. The zero-order chi connectivity index (χ0) is 14.5. The molecule has 1 aromatic heterocycles. The highest BCUT2D eigenvalue weighted by atomic mass is 32.1. The van der Waals surface area contributed by atoms with Gasteiger partial charge in [-0.15, -0.1) is 11.3 Å². The Kier molecular flexibility index (Phi) is 5.28. The van der Waals surface area contributed by atoms with Gasteiger partial charge in [-0.2, -0.15) is 0 Å². The van der Waals surface area contributed by atoms with Crippen LogP contribution in [0.1, 0.15) is 38.2 Å². The lowest BCUT2D eigenvalue weighted by Crippen LogP contribution is -2.36. The summed E-state index contributed by atoms with van der Waals surface area (Å²) in [5, 5.41) is 7.41. The molecule has 1 aliphatic rings. The molecule has 2 aromatic rings. The van der Waals surface area contributed by atoms with Gasteiger partial charge >= 0.3 is 0 Å². The van der Waals surface area contributed by atoms with Crippen LogP contribution in [0.4, 0.5) is 0 Å². The van der Waals surface area contributed by atoms with Crippen molar-refractivity contribution in [2.45, 2.75) is 51.2 Å². The Hall–Kier alpha value is -0.900. The van der Waals surface area contributed by atoms with E-state index in [0.29, 0.717) is 12.1 Å². The molecule has 1 saturated heterocycles. The third-order valence-corrected chi connectivity index (χ3v) is 5.35. The molecule has 1 fully saturated rings. The van der Waals surface area contributed by atoms with E-state index < -0.39 is 0 Å². The van der Waals surface area contributed by atoms with Crippen LogP contribution in [0.3, 0.4) is 0 Å². The molecule has 0 bridgehead atoms. The second-order valence-electron chi connectivity index (χ2n) is 5.94. The molecule has 114 valence electrons. The molecular formula is C18H25NOS. The predicted octanol–water partition coefficient (Wildman–Crippen LogP) is 4.38. The van der Waals surface area contributed by atoms with Crippen LogP contribution in [0.5, 0.6) is 0 Å². The van der Waals surface area contributed by atoms with Gasteiger partial charge in [0, 0.05) is 17.3 Å². The molecule has 2 unspecified atom stereocenters. The Morgan fingerprint density at radius 2 is 2.24 bits per heavy atom. The molecule has 0 saturated carbocycles. The second kappa shape index (κ2) is 7.39. The van der Waals surface area contributed by atoms with Crippen molar-refractivity contribution >= 4 is 21.4 Å². The van der Waals surface area contributed by atoms with Crippen LogP contribution < -0.4 is 5.32 Å². The van der Waals surface area contributed by atoms with Gasteiger partial charge in [-0.05, 0) is 61.0 Å². The zero-order valence-electron chi connectivity index (χ0n) is 12.8. The topological polar surface area (TPSA) is 21.3 Å². The van der Waals surface area contributed by atoms with Gasteiger partial charge in [0.05, 0.1) is 6.10 Å². The Labute approximate surface area is 131 Å². The van der Waals surface area contributed by atoms with Crippen LogP contribution >= 0.6 is 11.3 Å². The van der Waals surface area contributed by atoms with E-state index >= 15 is 0 Å². The van der Waals surface area contributed by atoms with Crippen LogP contribution in [0.2, 0.25) is 0 Å². The minimum atomic E-state index is 0.452. The van der Waals surface area contributed by atoms with Crippen molar-refractivity contribution in [1.82, 2.24) is 5.32 Å². The normalized spacial score (nSPS) is 20.7. The monoisotopic (exact) mass is 303 g/mol. The largest absolute Gasteiger partial charge is 0.378 e. The smallest absolute Gasteiger partial charge is 0.0590 e. The molecule has 0 amide bonds. The van der Waals surface area contributed by atoms with Gasteiger partial charge in [-0.25, -0.2) is 0 Å². The number of fused-ring (bicyclic) bond motifs is 1. The average molecular weight is 303 g/mol. The van der Waals surface area contributed by atoms with E-state index in [4.69, 9.17) is 4.74 Å². The molecule has 3 rings (SSSR count). The molecule has 1 N–H and O–H groups in total. The maximum atomic E-state index is 5.92. The first-order valence-electron chi connectivity index (χ1n) is 8.17. The van der Waals surface area contributed by atoms with E-state index in [0.717, 1.165) is 26.0 Å². The summed E-state index contributed by atoms with van der Waals surface area (Å²) in [6.07, 6.45) is 6.48. The molecule has 0 spiro atoms. The van der Waals surface area contributed by atoms with E-state index in [1.807, 2.05) is 11.3 Å². The number of likely N-dealkylation sites (N-methyl/N-ethyl adjacent to an activating group) is 1. The lowest BCUT2D eigenvalue weighted by atomic mass is 9.96. The summed E-state index contributed by atoms with van der Waals surface area (Å²) in [4.78, 5) is 0. The number of hydrogen-bond acceptors (Lipinski definition) is 3. The Morgan fingerprint density at radius 1 is 1.33 bits per heavy atom. The molecule has 2 nitrogen and oxygen atoms in total. The molecule has 3 heteroatoms. The molecule has 0 radical (unpaired) electrons. The fourth-order valence-corrected chi connectivity index (χ4v) is 4.27.